The van der Waals surface area contributed by atoms with Crippen molar-refractivity contribution in [2.75, 3.05) is 18.0 Å². The number of phenolic OH excluding ortho intramolecular Hbond substituents is 1. The minimum absolute atomic E-state index is 0.0808. The van der Waals surface area contributed by atoms with E-state index in [-0.39, 0.29) is 16.8 Å². The molecule has 162 valence electrons. The molecule has 2 N–H and O–H groups in total. The molecule has 0 bridgehead atoms. The molecule has 1 saturated heterocycles. The number of nitrogens with zero attached hydrogens (tertiary/aromatic N) is 6. The van der Waals surface area contributed by atoms with Gasteiger partial charge in [-0.3, -0.25) is 4.68 Å². The Morgan fingerprint density at radius 3 is 2.69 bits per heavy atom. The van der Waals surface area contributed by atoms with Crippen molar-refractivity contribution in [3.63, 3.8) is 0 Å². The van der Waals surface area contributed by atoms with Crippen molar-refractivity contribution in [3.8, 4) is 23.1 Å². The number of aromatic nitrogens is 4. The van der Waals surface area contributed by atoms with E-state index in [1.54, 1.807) is 31.6 Å². The van der Waals surface area contributed by atoms with Gasteiger partial charge in [-0.2, -0.15) is 10.4 Å². The number of piperazine rings is 1. The monoisotopic (exact) mass is 431 g/mol. The van der Waals surface area contributed by atoms with Gasteiger partial charge in [0.15, 0.2) is 17.2 Å². The molecule has 3 aromatic heterocycles. The van der Waals surface area contributed by atoms with Crippen LogP contribution in [0.2, 0.25) is 0 Å². The SMILES string of the molecule is C[C@H]1CN(c2cnc3nc(-c4cc5cn(C)nc5c(F)c4O)cc(C#N)c3c2)C[C@H](C)N1. The van der Waals surface area contributed by atoms with Crippen LogP contribution in [0, 0.1) is 17.1 Å². The van der Waals surface area contributed by atoms with Crippen molar-refractivity contribution in [1.82, 2.24) is 25.1 Å². The quantitative estimate of drug-likeness (QED) is 0.503. The topological polar surface area (TPSA) is 103 Å². The van der Waals surface area contributed by atoms with Gasteiger partial charge in [0.2, 0.25) is 0 Å². The number of hydrogen-bond acceptors (Lipinski definition) is 7. The second-order valence-corrected chi connectivity index (χ2v) is 8.43. The second kappa shape index (κ2) is 7.43. The molecule has 1 aromatic carbocycles. The molecule has 1 fully saturated rings. The van der Waals surface area contributed by atoms with Crippen LogP contribution in [0.15, 0.2) is 30.6 Å². The number of hydrogen-bond donors (Lipinski definition) is 2. The summed E-state index contributed by atoms with van der Waals surface area (Å²) in [6, 6.07) is 7.98. The van der Waals surface area contributed by atoms with Crippen molar-refractivity contribution < 1.29 is 9.50 Å². The lowest BCUT2D eigenvalue weighted by Gasteiger charge is -2.37. The molecule has 9 heteroatoms. The molecule has 5 rings (SSSR count). The Morgan fingerprint density at radius 2 is 1.97 bits per heavy atom. The molecule has 0 spiro atoms. The van der Waals surface area contributed by atoms with E-state index >= 15 is 0 Å². The van der Waals surface area contributed by atoms with Crippen molar-refractivity contribution in [1.29, 1.82) is 5.26 Å². The van der Waals surface area contributed by atoms with E-state index in [9.17, 15) is 14.8 Å². The molecule has 4 heterocycles. The summed E-state index contributed by atoms with van der Waals surface area (Å²) >= 11 is 0. The maximum Gasteiger partial charge on any atom is 0.193 e. The number of aromatic hydroxyl groups is 1. The molecule has 32 heavy (non-hydrogen) atoms. The third-order valence-electron chi connectivity index (χ3n) is 5.80. The van der Waals surface area contributed by atoms with Crippen LogP contribution >= 0.6 is 0 Å². The van der Waals surface area contributed by atoms with Crippen molar-refractivity contribution >= 4 is 27.6 Å². The Hall–Kier alpha value is -3.77. The number of phenols is 1. The fourth-order valence-electron chi connectivity index (χ4n) is 4.47. The Kier molecular flexibility index (Phi) is 4.68. The highest BCUT2D eigenvalue weighted by Crippen LogP contribution is 2.37. The third-order valence-corrected chi connectivity index (χ3v) is 5.80. The van der Waals surface area contributed by atoms with E-state index in [2.05, 4.69) is 45.2 Å². The van der Waals surface area contributed by atoms with Gasteiger partial charge < -0.3 is 15.3 Å². The largest absolute Gasteiger partial charge is 0.504 e. The second-order valence-electron chi connectivity index (χ2n) is 8.43. The fourth-order valence-corrected chi connectivity index (χ4v) is 4.47. The minimum atomic E-state index is -0.816. The number of anilines is 1. The first-order chi connectivity index (χ1) is 15.3. The molecule has 0 amide bonds. The molecule has 0 aliphatic carbocycles. The highest BCUT2D eigenvalue weighted by atomic mass is 19.1. The van der Waals surface area contributed by atoms with E-state index in [1.807, 2.05) is 6.07 Å². The molecule has 0 unspecified atom stereocenters. The summed E-state index contributed by atoms with van der Waals surface area (Å²) in [6.45, 7) is 5.94. The zero-order chi connectivity index (χ0) is 22.6. The van der Waals surface area contributed by atoms with Crippen molar-refractivity contribution in [2.45, 2.75) is 25.9 Å². The summed E-state index contributed by atoms with van der Waals surface area (Å²) in [6.07, 6.45) is 3.41. The maximum atomic E-state index is 14.7. The maximum absolute atomic E-state index is 14.7. The standard InChI is InChI=1S/C23H22FN7O/c1-12-9-31(10-13(2)27-12)16-6-17-14(7-25)5-19(28-23(17)26-8-16)18-4-15-11-30(3)29-21(15)20(24)22(18)32/h4-6,8,11-13,27,32H,9-10H2,1-3H3/t12-,13-/m0/s1. The van der Waals surface area contributed by atoms with Gasteiger partial charge in [0.05, 0.1) is 29.2 Å². The Bertz CT molecular complexity index is 1400. The number of benzene rings is 1. The number of pyridine rings is 2. The van der Waals surface area contributed by atoms with Gasteiger partial charge in [-0.25, -0.2) is 14.4 Å². The minimum Gasteiger partial charge on any atom is -0.504 e. The molecule has 0 saturated carbocycles. The van der Waals surface area contributed by atoms with Crippen LogP contribution in [0.1, 0.15) is 19.4 Å². The number of fused-ring (bicyclic) bond motifs is 2. The van der Waals surface area contributed by atoms with E-state index < -0.39 is 11.6 Å². The average Bonchev–Trinajstić information content (AvgIpc) is 3.15. The molecular formula is C23H22FN7O. The van der Waals surface area contributed by atoms with Gasteiger partial charge in [-0.15, -0.1) is 0 Å². The summed E-state index contributed by atoms with van der Waals surface area (Å²) < 4.78 is 16.2. The lowest BCUT2D eigenvalue weighted by atomic mass is 10.0. The summed E-state index contributed by atoms with van der Waals surface area (Å²) in [4.78, 5) is 11.3. The van der Waals surface area contributed by atoms with Gasteiger partial charge in [0.25, 0.3) is 0 Å². The first-order valence-electron chi connectivity index (χ1n) is 10.4. The van der Waals surface area contributed by atoms with E-state index in [0.717, 1.165) is 18.8 Å². The summed E-state index contributed by atoms with van der Waals surface area (Å²) in [5.74, 6) is -1.36. The van der Waals surface area contributed by atoms with E-state index in [4.69, 9.17) is 0 Å². The Labute approximate surface area is 183 Å². The van der Waals surface area contributed by atoms with Crippen LogP contribution in [0.3, 0.4) is 0 Å². The molecule has 0 radical (unpaired) electrons. The van der Waals surface area contributed by atoms with Gasteiger partial charge >= 0.3 is 0 Å². The Morgan fingerprint density at radius 1 is 1.22 bits per heavy atom. The molecule has 4 aromatic rings. The lowest BCUT2D eigenvalue weighted by molar-refractivity contribution is 0.407. The van der Waals surface area contributed by atoms with Gasteiger partial charge in [0.1, 0.15) is 5.52 Å². The van der Waals surface area contributed by atoms with Gasteiger partial charge in [0, 0.05) is 54.8 Å². The highest BCUT2D eigenvalue weighted by molar-refractivity contribution is 5.91. The number of nitriles is 1. The molecule has 2 atom stereocenters. The average molecular weight is 431 g/mol. The molecule has 1 aliphatic heterocycles. The predicted octanol–water partition coefficient (Wildman–Crippen LogP) is 3.09. The molecule has 1 aliphatic rings. The summed E-state index contributed by atoms with van der Waals surface area (Å²) in [7, 11) is 1.68. The lowest BCUT2D eigenvalue weighted by Crippen LogP contribution is -2.54. The normalized spacial score (nSPS) is 18.9. The van der Waals surface area contributed by atoms with Crippen LogP contribution in [0.4, 0.5) is 10.1 Å². The number of aryl methyl sites for hydroxylation is 1. The Balaban J connectivity index is 1.63. The van der Waals surface area contributed by atoms with Gasteiger partial charge in [-0.1, -0.05) is 0 Å². The highest BCUT2D eigenvalue weighted by Gasteiger charge is 2.23. The smallest absolute Gasteiger partial charge is 0.193 e. The van der Waals surface area contributed by atoms with Crippen molar-refractivity contribution in [2.24, 2.45) is 7.05 Å². The van der Waals surface area contributed by atoms with E-state index in [0.29, 0.717) is 34.1 Å². The number of rotatable bonds is 2. The van der Waals surface area contributed by atoms with Crippen molar-refractivity contribution in [3.05, 3.63) is 42.0 Å². The first-order valence-corrected chi connectivity index (χ1v) is 10.4. The first kappa shape index (κ1) is 20.2. The van der Waals surface area contributed by atoms with Crippen LogP contribution in [-0.4, -0.2) is 50.0 Å². The van der Waals surface area contributed by atoms with Crippen LogP contribution in [0.5, 0.6) is 5.75 Å². The third kappa shape index (κ3) is 3.29. The molecule has 8 nitrogen and oxygen atoms in total. The summed E-state index contributed by atoms with van der Waals surface area (Å²) in [5.41, 5.74) is 2.21. The number of nitrogens with one attached hydrogen (secondary N) is 1. The number of halogens is 1. The zero-order valence-electron chi connectivity index (χ0n) is 18.0. The predicted molar refractivity (Wildman–Crippen MR) is 120 cm³/mol. The fraction of sp³-hybridized carbons (Fsp3) is 0.304. The van der Waals surface area contributed by atoms with E-state index in [1.165, 1.54) is 4.68 Å². The van der Waals surface area contributed by atoms with Crippen LogP contribution in [0.25, 0.3) is 33.2 Å². The zero-order valence-corrected chi connectivity index (χ0v) is 18.0. The van der Waals surface area contributed by atoms with Crippen LogP contribution in [-0.2, 0) is 7.05 Å². The van der Waals surface area contributed by atoms with Gasteiger partial charge in [-0.05, 0) is 32.0 Å². The molecular weight excluding hydrogens is 409 g/mol. The summed E-state index contributed by atoms with van der Waals surface area (Å²) in [5, 5.41) is 29.0. The van der Waals surface area contributed by atoms with Crippen LogP contribution < -0.4 is 10.2 Å².